The first-order chi connectivity index (χ1) is 12.0. The molecule has 0 aliphatic rings. The van der Waals surface area contributed by atoms with Crippen molar-refractivity contribution >= 4 is 28.2 Å². The number of hydrogen-bond acceptors (Lipinski definition) is 3. The van der Waals surface area contributed by atoms with Crippen LogP contribution in [0.15, 0.2) is 52.4 Å². The minimum atomic E-state index is -0.410. The van der Waals surface area contributed by atoms with Gasteiger partial charge in [0.1, 0.15) is 28.5 Å². The molecule has 2 aromatic carbocycles. The summed E-state index contributed by atoms with van der Waals surface area (Å²) in [4.78, 5) is 20.0. The maximum Gasteiger partial charge on any atom is 0.298 e. The van der Waals surface area contributed by atoms with Crippen molar-refractivity contribution < 1.29 is 8.78 Å². The van der Waals surface area contributed by atoms with Crippen molar-refractivity contribution in [3.05, 3.63) is 75.8 Å². The molecule has 0 aliphatic heterocycles. The molecular formula is C18H12F2N4O. The summed E-state index contributed by atoms with van der Waals surface area (Å²) < 4.78 is 27.8. The van der Waals surface area contributed by atoms with Gasteiger partial charge in [-0.25, -0.2) is 13.8 Å². The van der Waals surface area contributed by atoms with Crippen LogP contribution in [-0.2, 0) is 0 Å². The van der Waals surface area contributed by atoms with Gasteiger partial charge in [-0.3, -0.25) is 4.79 Å². The number of nitrogens with zero attached hydrogens (tertiary/aromatic N) is 3. The Hall–Kier alpha value is -3.35. The molecule has 2 heterocycles. The highest BCUT2D eigenvalue weighted by Crippen LogP contribution is 2.22. The molecule has 124 valence electrons. The van der Waals surface area contributed by atoms with Crippen LogP contribution >= 0.6 is 0 Å². The Morgan fingerprint density at radius 3 is 2.76 bits per heavy atom. The van der Waals surface area contributed by atoms with Crippen LogP contribution < -0.4 is 5.56 Å². The van der Waals surface area contributed by atoms with Crippen LogP contribution in [0.2, 0.25) is 0 Å². The minimum Gasteiger partial charge on any atom is -0.349 e. The van der Waals surface area contributed by atoms with Gasteiger partial charge in [0.05, 0.1) is 6.21 Å². The Kier molecular flexibility index (Phi) is 3.42. The van der Waals surface area contributed by atoms with Crippen molar-refractivity contribution in [2.24, 2.45) is 5.10 Å². The maximum atomic E-state index is 13.5. The molecule has 0 saturated carbocycles. The number of benzene rings is 2. The fourth-order valence-electron chi connectivity index (χ4n) is 2.73. The average Bonchev–Trinajstić information content (AvgIpc) is 2.93. The molecule has 0 unspecified atom stereocenters. The lowest BCUT2D eigenvalue weighted by Crippen LogP contribution is -2.20. The molecule has 1 N–H and O–H groups in total. The number of rotatable bonds is 2. The van der Waals surface area contributed by atoms with E-state index in [1.54, 1.807) is 25.1 Å². The molecule has 0 saturated heterocycles. The Balaban J connectivity index is 1.90. The number of fused-ring (bicyclic) bond motifs is 3. The van der Waals surface area contributed by atoms with Gasteiger partial charge in [0, 0.05) is 10.9 Å². The molecule has 0 atom stereocenters. The van der Waals surface area contributed by atoms with Crippen LogP contribution in [0.25, 0.3) is 21.9 Å². The standard InChI is InChI=1S/C18H12F2N4O/c1-10-22-16-14-8-13(20)5-6-15(14)23-17(16)18(25)24(10)21-9-11-3-2-4-12(19)7-11/h2-9,23H,1H3/b21-9-. The lowest BCUT2D eigenvalue weighted by atomic mass is 10.2. The Morgan fingerprint density at radius 2 is 1.96 bits per heavy atom. The largest absolute Gasteiger partial charge is 0.349 e. The smallest absolute Gasteiger partial charge is 0.298 e. The van der Waals surface area contributed by atoms with Crippen LogP contribution in [0.5, 0.6) is 0 Å². The molecule has 0 fully saturated rings. The molecule has 4 rings (SSSR count). The van der Waals surface area contributed by atoms with Crippen molar-refractivity contribution in [3.8, 4) is 0 Å². The maximum absolute atomic E-state index is 13.5. The molecule has 0 radical (unpaired) electrons. The van der Waals surface area contributed by atoms with Crippen LogP contribution in [0.1, 0.15) is 11.4 Å². The van der Waals surface area contributed by atoms with Crippen LogP contribution in [0.3, 0.4) is 0 Å². The summed E-state index contributed by atoms with van der Waals surface area (Å²) in [5, 5.41) is 4.65. The van der Waals surface area contributed by atoms with Gasteiger partial charge in [-0.1, -0.05) is 12.1 Å². The second-order valence-corrected chi connectivity index (χ2v) is 5.61. The third-order valence-corrected chi connectivity index (χ3v) is 3.89. The number of nitrogens with one attached hydrogen (secondary N) is 1. The highest BCUT2D eigenvalue weighted by molar-refractivity contribution is 6.04. The monoisotopic (exact) mass is 338 g/mol. The first kappa shape index (κ1) is 15.2. The molecule has 2 aromatic heterocycles. The van der Waals surface area contributed by atoms with E-state index in [0.29, 0.717) is 27.8 Å². The SMILES string of the molecule is Cc1nc2c([nH]c3ccc(F)cc32)c(=O)n1/N=C\c1cccc(F)c1. The van der Waals surface area contributed by atoms with Crippen molar-refractivity contribution in [3.63, 3.8) is 0 Å². The third-order valence-electron chi connectivity index (χ3n) is 3.89. The Morgan fingerprint density at radius 1 is 1.16 bits per heavy atom. The summed E-state index contributed by atoms with van der Waals surface area (Å²) in [6.07, 6.45) is 1.38. The van der Waals surface area contributed by atoms with Crippen LogP contribution in [0, 0.1) is 18.6 Å². The van der Waals surface area contributed by atoms with E-state index in [1.165, 1.54) is 30.5 Å². The van der Waals surface area contributed by atoms with E-state index in [4.69, 9.17) is 0 Å². The lowest BCUT2D eigenvalue weighted by molar-refractivity contribution is 0.627. The highest BCUT2D eigenvalue weighted by Gasteiger charge is 2.13. The number of halogens is 2. The minimum absolute atomic E-state index is 0.239. The number of hydrogen-bond donors (Lipinski definition) is 1. The fraction of sp³-hybridized carbons (Fsp3) is 0.0556. The number of aromatic nitrogens is 3. The Bertz CT molecular complexity index is 1210. The van der Waals surface area contributed by atoms with Gasteiger partial charge in [0.25, 0.3) is 5.56 Å². The summed E-state index contributed by atoms with van der Waals surface area (Å²) in [5.74, 6) is -0.448. The molecule has 0 spiro atoms. The molecule has 5 nitrogen and oxygen atoms in total. The van der Waals surface area contributed by atoms with Gasteiger partial charge in [-0.2, -0.15) is 9.78 Å². The normalized spacial score (nSPS) is 11.8. The zero-order valence-electron chi connectivity index (χ0n) is 13.1. The van der Waals surface area contributed by atoms with E-state index in [9.17, 15) is 13.6 Å². The van der Waals surface area contributed by atoms with Gasteiger partial charge in [0.15, 0.2) is 0 Å². The van der Waals surface area contributed by atoms with Crippen molar-refractivity contribution in [1.82, 2.24) is 14.6 Å². The van der Waals surface area contributed by atoms with E-state index >= 15 is 0 Å². The average molecular weight is 338 g/mol. The van der Waals surface area contributed by atoms with Gasteiger partial charge >= 0.3 is 0 Å². The Labute approximate surface area is 140 Å². The first-order valence-corrected chi connectivity index (χ1v) is 7.53. The van der Waals surface area contributed by atoms with E-state index in [0.717, 1.165) is 4.68 Å². The van der Waals surface area contributed by atoms with Crippen LogP contribution in [0.4, 0.5) is 8.78 Å². The molecular weight excluding hydrogens is 326 g/mol. The number of H-pyrrole nitrogens is 1. The van der Waals surface area contributed by atoms with E-state index in [-0.39, 0.29) is 11.3 Å². The molecule has 25 heavy (non-hydrogen) atoms. The number of aromatic amines is 1. The summed E-state index contributed by atoms with van der Waals surface area (Å²) in [7, 11) is 0. The predicted molar refractivity (Wildman–Crippen MR) is 91.9 cm³/mol. The summed E-state index contributed by atoms with van der Waals surface area (Å²) >= 11 is 0. The second kappa shape index (κ2) is 5.62. The predicted octanol–water partition coefficient (Wildman–Crippen LogP) is 3.35. The fourth-order valence-corrected chi connectivity index (χ4v) is 2.73. The molecule has 4 aromatic rings. The van der Waals surface area contributed by atoms with Gasteiger partial charge in [-0.05, 0) is 42.8 Å². The van der Waals surface area contributed by atoms with Crippen molar-refractivity contribution in [1.29, 1.82) is 0 Å². The van der Waals surface area contributed by atoms with E-state index in [1.807, 2.05) is 0 Å². The lowest BCUT2D eigenvalue weighted by Gasteiger charge is -2.03. The van der Waals surface area contributed by atoms with Gasteiger partial charge in [-0.15, -0.1) is 0 Å². The van der Waals surface area contributed by atoms with Gasteiger partial charge in [0.2, 0.25) is 0 Å². The molecule has 7 heteroatoms. The first-order valence-electron chi connectivity index (χ1n) is 7.53. The zero-order valence-corrected chi connectivity index (χ0v) is 13.1. The summed E-state index contributed by atoms with van der Waals surface area (Å²) in [6.45, 7) is 1.63. The second-order valence-electron chi connectivity index (χ2n) is 5.61. The quantitative estimate of drug-likeness (QED) is 0.570. The highest BCUT2D eigenvalue weighted by atomic mass is 19.1. The van der Waals surface area contributed by atoms with Crippen molar-refractivity contribution in [2.45, 2.75) is 6.92 Å². The number of aryl methyl sites for hydroxylation is 1. The van der Waals surface area contributed by atoms with E-state index in [2.05, 4.69) is 15.1 Å². The van der Waals surface area contributed by atoms with Crippen molar-refractivity contribution in [2.75, 3.05) is 0 Å². The molecule has 0 amide bonds. The summed E-state index contributed by atoms with van der Waals surface area (Å²) in [6, 6.07) is 10.1. The summed E-state index contributed by atoms with van der Waals surface area (Å²) in [5.41, 5.74) is 1.36. The topological polar surface area (TPSA) is 63.0 Å². The zero-order chi connectivity index (χ0) is 17.6. The third kappa shape index (κ3) is 2.59. The van der Waals surface area contributed by atoms with Gasteiger partial charge < -0.3 is 4.98 Å². The molecule has 0 aliphatic carbocycles. The van der Waals surface area contributed by atoms with Crippen LogP contribution in [-0.4, -0.2) is 20.9 Å². The van der Waals surface area contributed by atoms with E-state index < -0.39 is 11.4 Å². The molecule has 0 bridgehead atoms.